The fourth-order valence-electron chi connectivity index (χ4n) is 3.08. The molecule has 1 heterocycles. The predicted molar refractivity (Wildman–Crippen MR) is 101 cm³/mol. The topological polar surface area (TPSA) is 59.3 Å². The molecule has 1 aromatic heterocycles. The summed E-state index contributed by atoms with van der Waals surface area (Å²) in [6.07, 6.45) is 0. The number of imidazole rings is 1. The van der Waals surface area contributed by atoms with Crippen molar-refractivity contribution in [2.75, 3.05) is 19.0 Å². The van der Waals surface area contributed by atoms with Gasteiger partial charge in [-0.3, -0.25) is 0 Å². The zero-order valence-electron chi connectivity index (χ0n) is 13.9. The highest BCUT2D eigenvalue weighted by Crippen LogP contribution is 2.29. The van der Waals surface area contributed by atoms with Crippen molar-refractivity contribution in [2.45, 2.75) is 6.54 Å². The van der Waals surface area contributed by atoms with Crippen LogP contribution in [0.15, 0.2) is 60.7 Å². The van der Waals surface area contributed by atoms with Gasteiger partial charge in [-0.25, -0.2) is 4.98 Å². The number of hydrogen-bond acceptors (Lipinski definition) is 4. The first-order valence-corrected chi connectivity index (χ1v) is 8.20. The van der Waals surface area contributed by atoms with Gasteiger partial charge in [-0.1, -0.05) is 30.3 Å². The molecule has 0 atom stereocenters. The largest absolute Gasteiger partial charge is 0.497 e. The summed E-state index contributed by atoms with van der Waals surface area (Å²) in [6, 6.07) is 20.0. The van der Waals surface area contributed by atoms with Crippen molar-refractivity contribution in [1.82, 2.24) is 9.55 Å². The molecule has 0 amide bonds. The highest BCUT2D eigenvalue weighted by molar-refractivity contribution is 6.05. The molecule has 126 valence electrons. The molecule has 0 aliphatic heterocycles. The van der Waals surface area contributed by atoms with Crippen LogP contribution in [0.25, 0.3) is 21.8 Å². The van der Waals surface area contributed by atoms with Gasteiger partial charge in [0.15, 0.2) is 0 Å². The van der Waals surface area contributed by atoms with Crippen LogP contribution < -0.4 is 10.1 Å². The molecule has 4 rings (SSSR count). The molecule has 0 radical (unpaired) electrons. The molecule has 0 unspecified atom stereocenters. The van der Waals surface area contributed by atoms with E-state index in [9.17, 15) is 5.11 Å². The fraction of sp³-hybridized carbons (Fsp3) is 0.150. The average molecular weight is 333 g/mol. The minimum absolute atomic E-state index is 0.0512. The van der Waals surface area contributed by atoms with Crippen LogP contribution in [-0.4, -0.2) is 28.4 Å². The highest BCUT2D eigenvalue weighted by Gasteiger charge is 2.13. The maximum Gasteiger partial charge on any atom is 0.208 e. The van der Waals surface area contributed by atoms with Crippen LogP contribution in [0.4, 0.5) is 11.6 Å². The van der Waals surface area contributed by atoms with Crippen molar-refractivity contribution in [3.8, 4) is 5.75 Å². The lowest BCUT2D eigenvalue weighted by Gasteiger charge is -2.10. The Labute approximate surface area is 145 Å². The van der Waals surface area contributed by atoms with Gasteiger partial charge in [-0.05, 0) is 35.7 Å². The molecule has 0 saturated carbocycles. The zero-order chi connectivity index (χ0) is 17.2. The SMILES string of the molecule is COc1ccc(Nc2nc3c4ccccc4ccc3n2CCO)cc1. The standard InChI is InChI=1S/C20H19N3O2/c1-25-16-9-7-15(8-10-16)21-20-22-19-17-5-3-2-4-14(17)6-11-18(19)23(20)12-13-24/h2-11,24H,12-13H2,1H3,(H,21,22). The maximum absolute atomic E-state index is 9.48. The number of methoxy groups -OCH3 is 1. The summed E-state index contributed by atoms with van der Waals surface area (Å²) in [4.78, 5) is 4.81. The number of aliphatic hydroxyl groups is 1. The molecule has 4 aromatic rings. The van der Waals surface area contributed by atoms with Crippen molar-refractivity contribution >= 4 is 33.4 Å². The molecule has 0 aliphatic rings. The Balaban J connectivity index is 1.83. The van der Waals surface area contributed by atoms with Gasteiger partial charge in [0, 0.05) is 17.6 Å². The monoisotopic (exact) mass is 333 g/mol. The minimum atomic E-state index is 0.0512. The first-order chi connectivity index (χ1) is 12.3. The van der Waals surface area contributed by atoms with E-state index in [4.69, 9.17) is 9.72 Å². The minimum Gasteiger partial charge on any atom is -0.497 e. The Hall–Kier alpha value is -3.05. The van der Waals surface area contributed by atoms with Crippen molar-refractivity contribution < 1.29 is 9.84 Å². The first-order valence-electron chi connectivity index (χ1n) is 8.20. The summed E-state index contributed by atoms with van der Waals surface area (Å²) < 4.78 is 7.20. The second-order valence-electron chi connectivity index (χ2n) is 5.82. The molecule has 0 saturated heterocycles. The molecule has 25 heavy (non-hydrogen) atoms. The van der Waals surface area contributed by atoms with Crippen LogP contribution in [0.5, 0.6) is 5.75 Å². The summed E-state index contributed by atoms with van der Waals surface area (Å²) in [5.41, 5.74) is 2.85. The third-order valence-electron chi connectivity index (χ3n) is 4.31. The molecule has 0 bridgehead atoms. The van der Waals surface area contributed by atoms with E-state index in [1.807, 2.05) is 41.0 Å². The third-order valence-corrected chi connectivity index (χ3v) is 4.31. The van der Waals surface area contributed by atoms with E-state index >= 15 is 0 Å². The van der Waals surface area contributed by atoms with Gasteiger partial charge in [0.05, 0.1) is 24.8 Å². The lowest BCUT2D eigenvalue weighted by atomic mass is 10.1. The molecular weight excluding hydrogens is 314 g/mol. The second-order valence-corrected chi connectivity index (χ2v) is 5.82. The molecule has 2 N–H and O–H groups in total. The Morgan fingerprint density at radius 1 is 1.04 bits per heavy atom. The predicted octanol–water partition coefficient (Wildman–Crippen LogP) is 3.93. The van der Waals surface area contributed by atoms with Crippen LogP contribution in [0.2, 0.25) is 0 Å². The van der Waals surface area contributed by atoms with E-state index in [1.54, 1.807) is 7.11 Å². The number of rotatable bonds is 5. The Morgan fingerprint density at radius 3 is 2.60 bits per heavy atom. The number of ether oxygens (including phenoxy) is 1. The molecule has 5 nitrogen and oxygen atoms in total. The maximum atomic E-state index is 9.48. The third kappa shape index (κ3) is 2.79. The molecule has 3 aromatic carbocycles. The molecule has 0 spiro atoms. The van der Waals surface area contributed by atoms with Crippen LogP contribution in [-0.2, 0) is 6.54 Å². The summed E-state index contributed by atoms with van der Waals surface area (Å²) in [5.74, 6) is 1.52. The smallest absolute Gasteiger partial charge is 0.208 e. The van der Waals surface area contributed by atoms with Gasteiger partial charge in [0.25, 0.3) is 0 Å². The summed E-state index contributed by atoms with van der Waals surface area (Å²) in [6.45, 7) is 0.531. The van der Waals surface area contributed by atoms with E-state index in [2.05, 4.69) is 29.6 Å². The van der Waals surface area contributed by atoms with Crippen molar-refractivity contribution in [1.29, 1.82) is 0 Å². The van der Waals surface area contributed by atoms with E-state index in [-0.39, 0.29) is 6.61 Å². The average Bonchev–Trinajstić information content (AvgIpc) is 3.00. The number of nitrogens with zero attached hydrogens (tertiary/aromatic N) is 2. The first kappa shape index (κ1) is 15.5. The van der Waals surface area contributed by atoms with Crippen molar-refractivity contribution in [3.05, 3.63) is 60.7 Å². The number of aliphatic hydroxyl groups excluding tert-OH is 1. The van der Waals surface area contributed by atoms with Gasteiger partial charge >= 0.3 is 0 Å². The number of hydrogen-bond donors (Lipinski definition) is 2. The fourth-order valence-corrected chi connectivity index (χ4v) is 3.08. The van der Waals surface area contributed by atoms with Gasteiger partial charge in [0.1, 0.15) is 5.75 Å². The normalized spacial score (nSPS) is 11.1. The zero-order valence-corrected chi connectivity index (χ0v) is 13.9. The Kier molecular flexibility index (Phi) is 3.99. The summed E-state index contributed by atoms with van der Waals surface area (Å²) >= 11 is 0. The van der Waals surface area contributed by atoms with Gasteiger partial charge in [-0.2, -0.15) is 0 Å². The van der Waals surface area contributed by atoms with E-state index < -0.39 is 0 Å². The van der Waals surface area contributed by atoms with Crippen molar-refractivity contribution in [3.63, 3.8) is 0 Å². The van der Waals surface area contributed by atoms with Crippen LogP contribution in [0.1, 0.15) is 0 Å². The number of fused-ring (bicyclic) bond motifs is 3. The van der Waals surface area contributed by atoms with E-state index in [0.29, 0.717) is 12.5 Å². The van der Waals surface area contributed by atoms with Crippen LogP contribution in [0.3, 0.4) is 0 Å². The van der Waals surface area contributed by atoms with E-state index in [0.717, 1.165) is 33.2 Å². The highest BCUT2D eigenvalue weighted by atomic mass is 16.5. The van der Waals surface area contributed by atoms with Gasteiger partial charge in [-0.15, -0.1) is 0 Å². The quantitative estimate of drug-likeness (QED) is 0.581. The molecule has 0 aliphatic carbocycles. The number of anilines is 2. The lowest BCUT2D eigenvalue weighted by molar-refractivity contribution is 0.278. The second kappa shape index (κ2) is 6.45. The summed E-state index contributed by atoms with van der Waals surface area (Å²) in [7, 11) is 1.65. The number of aromatic nitrogens is 2. The van der Waals surface area contributed by atoms with Gasteiger partial charge in [0.2, 0.25) is 5.95 Å². The Morgan fingerprint density at radius 2 is 1.84 bits per heavy atom. The van der Waals surface area contributed by atoms with Crippen molar-refractivity contribution in [2.24, 2.45) is 0 Å². The molecule has 5 heteroatoms. The lowest BCUT2D eigenvalue weighted by Crippen LogP contribution is -2.06. The Bertz CT molecular complexity index is 1020. The number of nitrogens with one attached hydrogen (secondary N) is 1. The van der Waals surface area contributed by atoms with Crippen LogP contribution >= 0.6 is 0 Å². The van der Waals surface area contributed by atoms with Gasteiger partial charge < -0.3 is 19.7 Å². The van der Waals surface area contributed by atoms with E-state index in [1.165, 1.54) is 0 Å². The molecule has 0 fully saturated rings. The molecular formula is C20H19N3O2. The van der Waals surface area contributed by atoms with Crippen LogP contribution in [0, 0.1) is 0 Å². The summed E-state index contributed by atoms with van der Waals surface area (Å²) in [5, 5.41) is 15.1. The number of benzene rings is 3.